The Bertz CT molecular complexity index is 149. The van der Waals surface area contributed by atoms with Crippen molar-refractivity contribution in [1.29, 1.82) is 0 Å². The molecule has 0 spiro atoms. The molecule has 2 unspecified atom stereocenters. The van der Waals surface area contributed by atoms with Crippen LogP contribution < -0.4 is 5.32 Å². The summed E-state index contributed by atoms with van der Waals surface area (Å²) in [5, 5.41) is 4.00. The fraction of sp³-hybridized carbons (Fsp3) is 1.00. The van der Waals surface area contributed by atoms with Gasteiger partial charge in [-0.15, -0.1) is 11.6 Å². The standard InChI is InChI=1S/C13H26ClN/c1-2-3-4-5-8-11-15-13-10-7-6-9-12(13)14/h12-13,15H,2-11H2,1H3. The maximum Gasteiger partial charge on any atom is 0.0489 e. The van der Waals surface area contributed by atoms with Crippen LogP contribution in [-0.4, -0.2) is 18.0 Å². The molecule has 0 radical (unpaired) electrons. The van der Waals surface area contributed by atoms with Crippen LogP contribution in [0.5, 0.6) is 0 Å². The Morgan fingerprint density at radius 3 is 2.53 bits per heavy atom. The lowest BCUT2D eigenvalue weighted by molar-refractivity contribution is 0.376. The van der Waals surface area contributed by atoms with Crippen LogP contribution in [0.2, 0.25) is 0 Å². The number of hydrogen-bond donors (Lipinski definition) is 1. The average molecular weight is 232 g/mol. The summed E-state index contributed by atoms with van der Waals surface area (Å²) in [6, 6.07) is 0.589. The molecule has 0 aromatic heterocycles. The molecule has 1 aliphatic rings. The number of alkyl halides is 1. The van der Waals surface area contributed by atoms with Gasteiger partial charge in [0.2, 0.25) is 0 Å². The van der Waals surface area contributed by atoms with E-state index in [4.69, 9.17) is 11.6 Å². The molecule has 1 saturated carbocycles. The first-order valence-corrected chi connectivity index (χ1v) is 7.15. The van der Waals surface area contributed by atoms with Crippen LogP contribution >= 0.6 is 11.6 Å². The number of hydrogen-bond acceptors (Lipinski definition) is 1. The Kier molecular flexibility index (Phi) is 7.46. The van der Waals surface area contributed by atoms with Gasteiger partial charge in [0.15, 0.2) is 0 Å². The van der Waals surface area contributed by atoms with E-state index < -0.39 is 0 Å². The zero-order chi connectivity index (χ0) is 10.9. The van der Waals surface area contributed by atoms with Crippen molar-refractivity contribution in [3.05, 3.63) is 0 Å². The fourth-order valence-corrected chi connectivity index (χ4v) is 2.70. The van der Waals surface area contributed by atoms with Gasteiger partial charge in [-0.2, -0.15) is 0 Å². The molecular formula is C13H26ClN. The highest BCUT2D eigenvalue weighted by atomic mass is 35.5. The molecule has 2 heteroatoms. The van der Waals surface area contributed by atoms with Gasteiger partial charge < -0.3 is 5.32 Å². The lowest BCUT2D eigenvalue weighted by Crippen LogP contribution is -2.39. The van der Waals surface area contributed by atoms with E-state index in [1.54, 1.807) is 0 Å². The van der Waals surface area contributed by atoms with Gasteiger partial charge in [-0.25, -0.2) is 0 Å². The predicted molar refractivity (Wildman–Crippen MR) is 68.7 cm³/mol. The summed E-state index contributed by atoms with van der Waals surface area (Å²) in [7, 11) is 0. The van der Waals surface area contributed by atoms with Crippen LogP contribution in [0, 0.1) is 0 Å². The van der Waals surface area contributed by atoms with Crippen LogP contribution in [0.4, 0.5) is 0 Å². The van der Waals surface area contributed by atoms with Crippen molar-refractivity contribution >= 4 is 11.6 Å². The lowest BCUT2D eigenvalue weighted by atomic mass is 9.95. The molecule has 0 heterocycles. The van der Waals surface area contributed by atoms with E-state index in [2.05, 4.69) is 12.2 Å². The molecule has 1 nitrogen and oxygen atoms in total. The van der Waals surface area contributed by atoms with E-state index in [1.165, 1.54) is 57.8 Å². The number of rotatable bonds is 7. The second-order valence-corrected chi connectivity index (χ2v) is 5.34. The Labute approximate surface area is 100.0 Å². The summed E-state index contributed by atoms with van der Waals surface area (Å²) >= 11 is 6.28. The number of nitrogens with one attached hydrogen (secondary N) is 1. The smallest absolute Gasteiger partial charge is 0.0489 e. The molecular weight excluding hydrogens is 206 g/mol. The minimum atomic E-state index is 0.384. The molecule has 0 bridgehead atoms. The van der Waals surface area contributed by atoms with Gasteiger partial charge in [-0.3, -0.25) is 0 Å². The van der Waals surface area contributed by atoms with Crippen molar-refractivity contribution in [3.8, 4) is 0 Å². The highest BCUT2D eigenvalue weighted by molar-refractivity contribution is 6.21. The molecule has 0 saturated heterocycles. The Balaban J connectivity index is 1.94. The van der Waals surface area contributed by atoms with Crippen molar-refractivity contribution in [3.63, 3.8) is 0 Å². The van der Waals surface area contributed by atoms with E-state index in [0.29, 0.717) is 11.4 Å². The molecule has 1 N–H and O–H groups in total. The first-order chi connectivity index (χ1) is 7.34. The Morgan fingerprint density at radius 2 is 1.80 bits per heavy atom. The van der Waals surface area contributed by atoms with E-state index in [9.17, 15) is 0 Å². The van der Waals surface area contributed by atoms with Crippen molar-refractivity contribution in [2.24, 2.45) is 0 Å². The minimum absolute atomic E-state index is 0.384. The van der Waals surface area contributed by atoms with Gasteiger partial charge in [-0.05, 0) is 25.8 Å². The topological polar surface area (TPSA) is 12.0 Å². The van der Waals surface area contributed by atoms with E-state index >= 15 is 0 Å². The summed E-state index contributed by atoms with van der Waals surface area (Å²) in [6.45, 7) is 3.43. The molecule has 15 heavy (non-hydrogen) atoms. The van der Waals surface area contributed by atoms with Crippen LogP contribution in [0.15, 0.2) is 0 Å². The van der Waals surface area contributed by atoms with Gasteiger partial charge in [0.25, 0.3) is 0 Å². The van der Waals surface area contributed by atoms with Crippen LogP contribution in [0.3, 0.4) is 0 Å². The second-order valence-electron chi connectivity index (χ2n) is 4.78. The van der Waals surface area contributed by atoms with Gasteiger partial charge in [-0.1, -0.05) is 45.4 Å². The average Bonchev–Trinajstić information content (AvgIpc) is 2.25. The molecule has 0 amide bonds. The van der Waals surface area contributed by atoms with Crippen LogP contribution in [-0.2, 0) is 0 Å². The molecule has 1 rings (SSSR count). The fourth-order valence-electron chi connectivity index (χ4n) is 2.33. The molecule has 0 aromatic carbocycles. The number of halogens is 1. The zero-order valence-corrected chi connectivity index (χ0v) is 10.9. The third-order valence-corrected chi connectivity index (χ3v) is 3.89. The summed E-state index contributed by atoms with van der Waals surface area (Å²) < 4.78 is 0. The highest BCUT2D eigenvalue weighted by Crippen LogP contribution is 2.22. The third kappa shape index (κ3) is 5.77. The quantitative estimate of drug-likeness (QED) is 0.514. The third-order valence-electron chi connectivity index (χ3n) is 3.37. The summed E-state index contributed by atoms with van der Waals surface area (Å²) in [4.78, 5) is 0. The van der Waals surface area contributed by atoms with Crippen molar-refractivity contribution in [1.82, 2.24) is 5.32 Å². The molecule has 90 valence electrons. The maximum atomic E-state index is 6.28. The van der Waals surface area contributed by atoms with Crippen molar-refractivity contribution in [2.45, 2.75) is 76.1 Å². The van der Waals surface area contributed by atoms with Gasteiger partial charge >= 0.3 is 0 Å². The first kappa shape index (κ1) is 13.3. The second kappa shape index (κ2) is 8.41. The Morgan fingerprint density at radius 1 is 1.07 bits per heavy atom. The monoisotopic (exact) mass is 231 g/mol. The maximum absolute atomic E-state index is 6.28. The summed E-state index contributed by atoms with van der Waals surface area (Å²) in [5.74, 6) is 0. The molecule has 2 atom stereocenters. The largest absolute Gasteiger partial charge is 0.313 e. The lowest BCUT2D eigenvalue weighted by Gasteiger charge is -2.28. The van der Waals surface area contributed by atoms with Crippen molar-refractivity contribution in [2.75, 3.05) is 6.54 Å². The van der Waals surface area contributed by atoms with Gasteiger partial charge in [0.1, 0.15) is 0 Å². The van der Waals surface area contributed by atoms with Gasteiger partial charge in [0, 0.05) is 11.4 Å². The normalized spacial score (nSPS) is 26.8. The zero-order valence-electron chi connectivity index (χ0n) is 10.1. The molecule has 0 aliphatic heterocycles. The predicted octanol–water partition coefficient (Wildman–Crippen LogP) is 4.10. The number of unbranched alkanes of at least 4 members (excludes halogenated alkanes) is 4. The van der Waals surface area contributed by atoms with Crippen LogP contribution in [0.25, 0.3) is 0 Å². The summed E-state index contributed by atoms with van der Waals surface area (Å²) in [5.41, 5.74) is 0. The van der Waals surface area contributed by atoms with E-state index in [-0.39, 0.29) is 0 Å². The van der Waals surface area contributed by atoms with E-state index in [0.717, 1.165) is 6.54 Å². The van der Waals surface area contributed by atoms with Crippen LogP contribution in [0.1, 0.15) is 64.7 Å². The van der Waals surface area contributed by atoms with E-state index in [1.807, 2.05) is 0 Å². The van der Waals surface area contributed by atoms with Crippen molar-refractivity contribution < 1.29 is 0 Å². The first-order valence-electron chi connectivity index (χ1n) is 6.72. The SMILES string of the molecule is CCCCCCCNC1CCCCC1Cl. The summed E-state index contributed by atoms with van der Waals surface area (Å²) in [6.07, 6.45) is 12.0. The molecule has 1 aliphatic carbocycles. The molecule has 1 fully saturated rings. The molecule has 0 aromatic rings. The van der Waals surface area contributed by atoms with Gasteiger partial charge in [0.05, 0.1) is 0 Å². The highest BCUT2D eigenvalue weighted by Gasteiger charge is 2.21. The Hall–Kier alpha value is 0.250. The minimum Gasteiger partial charge on any atom is -0.313 e.